The third-order valence-electron chi connectivity index (χ3n) is 9.92. The fraction of sp³-hybridized carbons (Fsp3) is 0.353. The molecule has 0 radical (unpaired) electrons. The van der Waals surface area contributed by atoms with Crippen LogP contribution in [0.3, 0.4) is 0 Å². The van der Waals surface area contributed by atoms with E-state index < -0.39 is 5.82 Å². The molecular formula is C34H35FN6O2. The number of aromatic nitrogens is 3. The van der Waals surface area contributed by atoms with E-state index in [1.807, 2.05) is 36.2 Å². The number of nitrogens with two attached hydrogens (primary N) is 2. The lowest BCUT2D eigenvalue weighted by atomic mass is 10.0. The maximum Gasteiger partial charge on any atom is 0.254 e. The van der Waals surface area contributed by atoms with E-state index in [4.69, 9.17) is 21.2 Å². The van der Waals surface area contributed by atoms with Crippen molar-refractivity contribution in [1.82, 2.24) is 19.0 Å². The number of aryl methyl sites for hydroxylation is 1. The Labute approximate surface area is 249 Å². The zero-order valence-corrected chi connectivity index (χ0v) is 24.4. The van der Waals surface area contributed by atoms with Gasteiger partial charge in [0.15, 0.2) is 5.82 Å². The molecule has 3 fully saturated rings. The molecule has 3 aromatic carbocycles. The molecule has 1 aliphatic heterocycles. The molecule has 9 heteroatoms. The first kappa shape index (κ1) is 26.3. The van der Waals surface area contributed by atoms with Gasteiger partial charge in [0.05, 0.1) is 24.0 Å². The molecule has 0 unspecified atom stereocenters. The fourth-order valence-corrected chi connectivity index (χ4v) is 7.35. The van der Waals surface area contributed by atoms with Crippen molar-refractivity contribution in [1.29, 1.82) is 0 Å². The number of ether oxygens (including phenoxy) is 1. The highest BCUT2D eigenvalue weighted by Gasteiger charge is 2.47. The van der Waals surface area contributed by atoms with Crippen LogP contribution in [-0.2, 0) is 13.6 Å². The van der Waals surface area contributed by atoms with Crippen LogP contribution in [0, 0.1) is 17.7 Å². The number of piperidine rings is 1. The Morgan fingerprint density at radius 3 is 2.53 bits per heavy atom. The van der Waals surface area contributed by atoms with E-state index in [1.54, 1.807) is 13.2 Å². The summed E-state index contributed by atoms with van der Waals surface area (Å²) in [6, 6.07) is 17.2. The molecule has 0 spiro atoms. The molecule has 2 aromatic heterocycles. The van der Waals surface area contributed by atoms with Gasteiger partial charge in [-0.3, -0.25) is 4.79 Å². The summed E-state index contributed by atoms with van der Waals surface area (Å²) < 4.78 is 24.6. The zero-order valence-electron chi connectivity index (χ0n) is 24.4. The number of amides is 1. The Kier molecular flexibility index (Phi) is 5.85. The standard InChI is InChI=1S/C34H35FN6O2/c1-39-32-26(12-23(15-30(32)43-2)34(42)41-17-22-8-10-27(41)31(22)37)38-33(39)29-14-21-6-5-20(19-7-9-25(36)24(35)11-19)13-28(21)40(29)16-18-3-4-18/h5-7,9,11-15,18,22,27,31H,3-4,8,10,16-17,36-37H2,1-2H3/t22-,27-,31-/m1/s1. The van der Waals surface area contributed by atoms with Gasteiger partial charge in [0, 0.05) is 48.7 Å². The summed E-state index contributed by atoms with van der Waals surface area (Å²) in [5.41, 5.74) is 18.2. The van der Waals surface area contributed by atoms with E-state index in [1.165, 1.54) is 18.9 Å². The first-order chi connectivity index (χ1) is 20.8. The van der Waals surface area contributed by atoms with Gasteiger partial charge in [-0.1, -0.05) is 18.2 Å². The second kappa shape index (κ2) is 9.57. The summed E-state index contributed by atoms with van der Waals surface area (Å²) >= 11 is 0. The van der Waals surface area contributed by atoms with Crippen molar-refractivity contribution in [2.24, 2.45) is 24.6 Å². The van der Waals surface area contributed by atoms with Crippen molar-refractivity contribution >= 4 is 33.5 Å². The molecule has 3 heterocycles. The Hall–Kier alpha value is -4.37. The molecule has 1 saturated heterocycles. The van der Waals surface area contributed by atoms with Crippen molar-refractivity contribution < 1.29 is 13.9 Å². The summed E-state index contributed by atoms with van der Waals surface area (Å²) in [7, 11) is 3.63. The van der Waals surface area contributed by atoms with Gasteiger partial charge >= 0.3 is 0 Å². The van der Waals surface area contributed by atoms with Crippen molar-refractivity contribution in [3.8, 4) is 28.4 Å². The summed E-state index contributed by atoms with van der Waals surface area (Å²) in [5.74, 6) is 1.99. The molecule has 2 saturated carbocycles. The summed E-state index contributed by atoms with van der Waals surface area (Å²) in [5, 5.41) is 1.09. The van der Waals surface area contributed by atoms with Crippen LogP contribution in [0.25, 0.3) is 44.6 Å². The molecule has 3 atom stereocenters. The Morgan fingerprint density at radius 1 is 1.05 bits per heavy atom. The maximum absolute atomic E-state index is 14.3. The van der Waals surface area contributed by atoms with Crippen molar-refractivity contribution in [2.75, 3.05) is 19.4 Å². The highest BCUT2D eigenvalue weighted by molar-refractivity contribution is 6.00. The highest BCUT2D eigenvalue weighted by Crippen LogP contribution is 2.41. The lowest BCUT2D eigenvalue weighted by Gasteiger charge is -2.27. The van der Waals surface area contributed by atoms with Crippen LogP contribution in [0.5, 0.6) is 5.75 Å². The number of rotatable bonds is 6. The number of nitrogens with zero attached hydrogens (tertiary/aromatic N) is 4. The van der Waals surface area contributed by atoms with Crippen molar-refractivity contribution in [2.45, 2.75) is 44.3 Å². The van der Waals surface area contributed by atoms with Crippen LogP contribution in [0.4, 0.5) is 10.1 Å². The smallest absolute Gasteiger partial charge is 0.254 e. The SMILES string of the molecule is COc1cc(C(=O)N2C[C@H]3CC[C@@H]2[C@@H]3N)cc2nc(-c3cc4ccc(-c5ccc(N)c(F)c5)cc4n3CC3CC3)n(C)c12. The molecule has 43 heavy (non-hydrogen) atoms. The van der Waals surface area contributed by atoms with E-state index >= 15 is 0 Å². The molecule has 5 aromatic rings. The largest absolute Gasteiger partial charge is 0.494 e. The second-order valence-electron chi connectivity index (χ2n) is 12.6. The maximum atomic E-state index is 14.3. The van der Waals surface area contributed by atoms with Gasteiger partial charge in [-0.25, -0.2) is 9.37 Å². The Morgan fingerprint density at radius 2 is 1.84 bits per heavy atom. The molecule has 220 valence electrons. The van der Waals surface area contributed by atoms with E-state index in [0.717, 1.165) is 64.0 Å². The summed E-state index contributed by atoms with van der Waals surface area (Å²) in [6.07, 6.45) is 4.46. The fourth-order valence-electron chi connectivity index (χ4n) is 7.35. The molecular weight excluding hydrogens is 543 g/mol. The number of likely N-dealkylation sites (tertiary alicyclic amines) is 1. The number of benzene rings is 3. The molecule has 1 amide bonds. The molecule has 2 bridgehead atoms. The molecule has 2 aliphatic carbocycles. The number of halogens is 1. The zero-order chi connectivity index (χ0) is 29.6. The van der Waals surface area contributed by atoms with Crippen LogP contribution in [0.15, 0.2) is 54.6 Å². The highest BCUT2D eigenvalue weighted by atomic mass is 19.1. The topological polar surface area (TPSA) is 104 Å². The summed E-state index contributed by atoms with van der Waals surface area (Å²) in [4.78, 5) is 20.7. The predicted octanol–water partition coefficient (Wildman–Crippen LogP) is 5.56. The van der Waals surface area contributed by atoms with Gasteiger partial charge in [-0.15, -0.1) is 0 Å². The van der Waals surface area contributed by atoms with Gasteiger partial charge in [-0.05, 0) is 85.0 Å². The first-order valence-electron chi connectivity index (χ1n) is 15.1. The van der Waals surface area contributed by atoms with Crippen LogP contribution in [0.1, 0.15) is 36.0 Å². The van der Waals surface area contributed by atoms with Crippen molar-refractivity contribution in [3.05, 3.63) is 66.0 Å². The average Bonchev–Trinajstić information content (AvgIpc) is 3.42. The van der Waals surface area contributed by atoms with Gasteiger partial charge in [0.2, 0.25) is 0 Å². The molecule has 8 nitrogen and oxygen atoms in total. The van der Waals surface area contributed by atoms with E-state index in [9.17, 15) is 9.18 Å². The predicted molar refractivity (Wildman–Crippen MR) is 166 cm³/mol. The van der Waals surface area contributed by atoms with Gasteiger partial charge in [0.25, 0.3) is 5.91 Å². The average molecular weight is 579 g/mol. The third kappa shape index (κ3) is 4.12. The van der Waals surface area contributed by atoms with Crippen LogP contribution < -0.4 is 16.2 Å². The van der Waals surface area contributed by atoms with Crippen molar-refractivity contribution in [3.63, 3.8) is 0 Å². The number of hydrogen-bond acceptors (Lipinski definition) is 5. The number of fused-ring (bicyclic) bond motifs is 4. The minimum absolute atomic E-state index is 0.00969. The number of hydrogen-bond donors (Lipinski definition) is 2. The summed E-state index contributed by atoms with van der Waals surface area (Å²) in [6.45, 7) is 1.59. The van der Waals surface area contributed by atoms with E-state index in [-0.39, 0.29) is 23.7 Å². The molecule has 3 aliphatic rings. The monoisotopic (exact) mass is 578 g/mol. The van der Waals surface area contributed by atoms with Gasteiger partial charge in [0.1, 0.15) is 17.1 Å². The number of nitrogen functional groups attached to an aromatic ring is 1. The van der Waals surface area contributed by atoms with Crippen LogP contribution in [0.2, 0.25) is 0 Å². The normalized spacial score (nSPS) is 21.4. The number of carbonyl (C=O) groups is 1. The lowest BCUT2D eigenvalue weighted by molar-refractivity contribution is 0.0700. The van der Waals surface area contributed by atoms with E-state index in [0.29, 0.717) is 29.7 Å². The number of carbonyl (C=O) groups excluding carboxylic acids is 1. The first-order valence-corrected chi connectivity index (χ1v) is 15.1. The second-order valence-corrected chi connectivity index (χ2v) is 12.6. The van der Waals surface area contributed by atoms with Gasteiger partial charge in [-0.2, -0.15) is 0 Å². The van der Waals surface area contributed by atoms with Crippen LogP contribution in [-0.4, -0.2) is 50.7 Å². The number of imidazole rings is 1. The lowest BCUT2D eigenvalue weighted by Crippen LogP contribution is -2.41. The minimum Gasteiger partial charge on any atom is -0.494 e. The Bertz CT molecular complexity index is 1940. The number of anilines is 1. The molecule has 4 N–H and O–H groups in total. The molecule has 8 rings (SSSR count). The van der Waals surface area contributed by atoms with E-state index in [2.05, 4.69) is 27.3 Å². The minimum atomic E-state index is -0.418. The number of methoxy groups -OCH3 is 1. The quantitative estimate of drug-likeness (QED) is 0.257. The van der Waals surface area contributed by atoms with Crippen LogP contribution >= 0.6 is 0 Å². The third-order valence-corrected chi connectivity index (χ3v) is 9.92. The van der Waals surface area contributed by atoms with Gasteiger partial charge < -0.3 is 30.2 Å². The Balaban J connectivity index is 1.24.